The fourth-order valence-corrected chi connectivity index (χ4v) is 2.48. The van der Waals surface area contributed by atoms with Crippen LogP contribution in [0.25, 0.3) is 0 Å². The Kier molecular flexibility index (Phi) is 8.17. The maximum Gasteiger partial charge on any atom is 0.253 e. The van der Waals surface area contributed by atoms with Crippen LogP contribution < -0.4 is 16.0 Å². The zero-order chi connectivity index (χ0) is 21.2. The van der Waals surface area contributed by atoms with Gasteiger partial charge in [-0.25, -0.2) is 0 Å². The minimum Gasteiger partial charge on any atom is -0.383 e. The molecule has 8 heteroatoms. The van der Waals surface area contributed by atoms with Gasteiger partial charge in [0.15, 0.2) is 0 Å². The average molecular weight is 398 g/mol. The van der Waals surface area contributed by atoms with E-state index < -0.39 is 0 Å². The average Bonchev–Trinajstić information content (AvgIpc) is 2.72. The van der Waals surface area contributed by atoms with Gasteiger partial charge in [0.25, 0.3) is 11.8 Å². The van der Waals surface area contributed by atoms with Gasteiger partial charge >= 0.3 is 0 Å². The number of carbonyl (C=O) groups excluding carboxylic acids is 3. The molecule has 3 amide bonds. The second-order valence-corrected chi connectivity index (χ2v) is 6.51. The fraction of sp³-hybridized carbons (Fsp3) is 0.286. The zero-order valence-corrected chi connectivity index (χ0v) is 16.8. The molecular weight excluding hydrogens is 372 g/mol. The molecule has 0 aromatic heterocycles. The highest BCUT2D eigenvalue weighted by Gasteiger charge is 2.09. The van der Waals surface area contributed by atoms with Crippen molar-refractivity contribution >= 4 is 29.1 Å². The van der Waals surface area contributed by atoms with Crippen molar-refractivity contribution in [1.82, 2.24) is 10.2 Å². The summed E-state index contributed by atoms with van der Waals surface area (Å²) in [5.74, 6) is -0.551. The molecule has 2 aromatic carbocycles. The molecule has 2 rings (SSSR count). The minimum absolute atomic E-state index is 0.0405. The third-order valence-electron chi connectivity index (χ3n) is 3.99. The first-order chi connectivity index (χ1) is 13.9. The quantitative estimate of drug-likeness (QED) is 0.560. The van der Waals surface area contributed by atoms with Gasteiger partial charge in [-0.3, -0.25) is 14.4 Å². The molecule has 0 fully saturated rings. The third kappa shape index (κ3) is 6.93. The van der Waals surface area contributed by atoms with Crippen molar-refractivity contribution in [3.8, 4) is 0 Å². The Hall–Kier alpha value is -3.39. The van der Waals surface area contributed by atoms with Crippen LogP contribution in [0.5, 0.6) is 0 Å². The fourth-order valence-electron chi connectivity index (χ4n) is 2.48. The van der Waals surface area contributed by atoms with Crippen LogP contribution in [-0.4, -0.2) is 63.5 Å². The molecule has 8 nitrogen and oxygen atoms in total. The molecule has 0 aliphatic heterocycles. The number of nitrogens with zero attached hydrogens (tertiary/aromatic N) is 1. The first kappa shape index (κ1) is 21.9. The van der Waals surface area contributed by atoms with Gasteiger partial charge in [0.05, 0.1) is 13.2 Å². The molecule has 0 aliphatic rings. The van der Waals surface area contributed by atoms with Crippen molar-refractivity contribution in [2.24, 2.45) is 0 Å². The van der Waals surface area contributed by atoms with Gasteiger partial charge in [0.2, 0.25) is 5.91 Å². The van der Waals surface area contributed by atoms with Crippen molar-refractivity contribution in [3.05, 3.63) is 59.7 Å². The number of rotatable bonds is 9. The number of benzene rings is 2. The molecule has 0 saturated carbocycles. The lowest BCUT2D eigenvalue weighted by molar-refractivity contribution is -0.114. The first-order valence-electron chi connectivity index (χ1n) is 9.13. The maximum atomic E-state index is 12.2. The molecular formula is C21H26N4O4. The highest BCUT2D eigenvalue weighted by molar-refractivity contribution is 5.97. The maximum absolute atomic E-state index is 12.2. The predicted molar refractivity (Wildman–Crippen MR) is 112 cm³/mol. The lowest BCUT2D eigenvalue weighted by Gasteiger charge is -2.12. The zero-order valence-electron chi connectivity index (χ0n) is 16.8. The Bertz CT molecular complexity index is 850. The van der Waals surface area contributed by atoms with Crippen LogP contribution in [0.15, 0.2) is 48.5 Å². The minimum atomic E-state index is -0.244. The van der Waals surface area contributed by atoms with Crippen LogP contribution in [-0.2, 0) is 9.53 Å². The summed E-state index contributed by atoms with van der Waals surface area (Å²) < 4.78 is 4.89. The number of anilines is 2. The highest BCUT2D eigenvalue weighted by Crippen LogP contribution is 2.13. The Labute approximate surface area is 170 Å². The van der Waals surface area contributed by atoms with Crippen LogP contribution in [0.2, 0.25) is 0 Å². The number of carbonyl (C=O) groups is 3. The monoisotopic (exact) mass is 398 g/mol. The largest absolute Gasteiger partial charge is 0.383 e. The normalized spacial score (nSPS) is 10.2. The van der Waals surface area contributed by atoms with Gasteiger partial charge in [-0.15, -0.1) is 0 Å². The topological polar surface area (TPSA) is 99.8 Å². The van der Waals surface area contributed by atoms with E-state index in [9.17, 15) is 14.4 Å². The molecule has 154 valence electrons. The Balaban J connectivity index is 1.86. The molecule has 0 bridgehead atoms. The number of amides is 3. The van der Waals surface area contributed by atoms with Gasteiger partial charge < -0.3 is 25.6 Å². The van der Waals surface area contributed by atoms with E-state index in [-0.39, 0.29) is 24.3 Å². The SMILES string of the molecule is COCCNC(=O)c1ccc(NC(=O)CNc2cccc(C(=O)N(C)C)c2)cc1. The van der Waals surface area contributed by atoms with Crippen molar-refractivity contribution in [1.29, 1.82) is 0 Å². The van der Waals surface area contributed by atoms with E-state index in [1.807, 2.05) is 0 Å². The molecule has 29 heavy (non-hydrogen) atoms. The summed E-state index contributed by atoms with van der Waals surface area (Å²) in [6.45, 7) is 0.915. The summed E-state index contributed by atoms with van der Waals surface area (Å²) in [6, 6.07) is 13.6. The molecule has 0 heterocycles. The van der Waals surface area contributed by atoms with Crippen molar-refractivity contribution in [3.63, 3.8) is 0 Å². The van der Waals surface area contributed by atoms with Crippen LogP contribution in [0, 0.1) is 0 Å². The number of hydrogen-bond acceptors (Lipinski definition) is 5. The third-order valence-corrected chi connectivity index (χ3v) is 3.99. The molecule has 0 spiro atoms. The summed E-state index contributed by atoms with van der Waals surface area (Å²) >= 11 is 0. The summed E-state index contributed by atoms with van der Waals surface area (Å²) in [5, 5.41) is 8.49. The van der Waals surface area contributed by atoms with Crippen LogP contribution >= 0.6 is 0 Å². The van der Waals surface area contributed by atoms with Gasteiger partial charge in [0.1, 0.15) is 0 Å². The van der Waals surface area contributed by atoms with E-state index in [2.05, 4.69) is 16.0 Å². The van der Waals surface area contributed by atoms with E-state index >= 15 is 0 Å². The van der Waals surface area contributed by atoms with E-state index in [1.54, 1.807) is 69.7 Å². The molecule has 0 radical (unpaired) electrons. The van der Waals surface area contributed by atoms with E-state index in [1.165, 1.54) is 4.90 Å². The standard InChI is InChI=1S/C21H26N4O4/c1-25(2)21(28)16-5-4-6-18(13-16)23-14-19(26)24-17-9-7-15(8-10-17)20(27)22-11-12-29-3/h4-10,13,23H,11-12,14H2,1-3H3,(H,22,27)(H,24,26). The molecule has 0 atom stereocenters. The molecule has 2 aromatic rings. The van der Waals surface area contributed by atoms with Crippen LogP contribution in [0.1, 0.15) is 20.7 Å². The smallest absolute Gasteiger partial charge is 0.253 e. The van der Waals surface area contributed by atoms with Crippen LogP contribution in [0.3, 0.4) is 0 Å². The number of methoxy groups -OCH3 is 1. The highest BCUT2D eigenvalue weighted by atomic mass is 16.5. The Morgan fingerprint density at radius 3 is 2.34 bits per heavy atom. The van der Waals surface area contributed by atoms with Gasteiger partial charge in [0, 0.05) is 50.3 Å². The number of ether oxygens (including phenoxy) is 1. The van der Waals surface area contributed by atoms with Crippen molar-refractivity contribution in [2.75, 3.05) is 51.5 Å². The predicted octanol–water partition coefficient (Wildman–Crippen LogP) is 1.82. The lowest BCUT2D eigenvalue weighted by atomic mass is 10.2. The second-order valence-electron chi connectivity index (χ2n) is 6.51. The molecule has 0 saturated heterocycles. The van der Waals surface area contributed by atoms with E-state index in [4.69, 9.17) is 4.74 Å². The van der Waals surface area contributed by atoms with E-state index in [0.717, 1.165) is 0 Å². The first-order valence-corrected chi connectivity index (χ1v) is 9.13. The van der Waals surface area contributed by atoms with Gasteiger partial charge in [-0.05, 0) is 42.5 Å². The lowest BCUT2D eigenvalue weighted by Crippen LogP contribution is -2.27. The number of hydrogen-bond donors (Lipinski definition) is 3. The second kappa shape index (κ2) is 10.8. The molecule has 3 N–H and O–H groups in total. The summed E-state index contributed by atoms with van der Waals surface area (Å²) in [7, 11) is 4.94. The Morgan fingerprint density at radius 2 is 1.69 bits per heavy atom. The Morgan fingerprint density at radius 1 is 0.966 bits per heavy atom. The van der Waals surface area contributed by atoms with Crippen molar-refractivity contribution in [2.45, 2.75) is 0 Å². The molecule has 0 unspecified atom stereocenters. The summed E-state index contributed by atoms with van der Waals surface area (Å²) in [6.07, 6.45) is 0. The summed E-state index contributed by atoms with van der Waals surface area (Å²) in [4.78, 5) is 37.6. The van der Waals surface area contributed by atoms with Gasteiger partial charge in [-0.1, -0.05) is 6.07 Å². The summed E-state index contributed by atoms with van der Waals surface area (Å²) in [5.41, 5.74) is 2.30. The van der Waals surface area contributed by atoms with Gasteiger partial charge in [-0.2, -0.15) is 0 Å². The van der Waals surface area contributed by atoms with Crippen LogP contribution in [0.4, 0.5) is 11.4 Å². The number of nitrogens with one attached hydrogen (secondary N) is 3. The van der Waals surface area contributed by atoms with Crippen molar-refractivity contribution < 1.29 is 19.1 Å². The van der Waals surface area contributed by atoms with E-state index in [0.29, 0.717) is 35.7 Å². The molecule has 0 aliphatic carbocycles.